The van der Waals surface area contributed by atoms with Crippen molar-refractivity contribution < 1.29 is 57.6 Å². The van der Waals surface area contributed by atoms with E-state index < -0.39 is 74.5 Å². The summed E-state index contributed by atoms with van der Waals surface area (Å²) in [5.41, 5.74) is 3.00. The van der Waals surface area contributed by atoms with E-state index >= 15 is 0 Å². The molecule has 0 aliphatic carbocycles. The van der Waals surface area contributed by atoms with Crippen molar-refractivity contribution in [3.63, 3.8) is 0 Å². The first-order chi connectivity index (χ1) is 31.9. The Labute approximate surface area is 393 Å². The fourth-order valence-corrected chi connectivity index (χ4v) is 10.3. The normalized spacial score (nSPS) is 39.7. The van der Waals surface area contributed by atoms with Crippen LogP contribution in [0.25, 0.3) is 0 Å². The topological polar surface area (TPSA) is 133 Å². The van der Waals surface area contributed by atoms with Crippen LogP contribution in [0.2, 0.25) is 0 Å². The van der Waals surface area contributed by atoms with Crippen molar-refractivity contribution in [3.8, 4) is 0 Å². The van der Waals surface area contributed by atoms with E-state index in [9.17, 15) is 10.2 Å². The molecule has 12 nitrogen and oxygen atoms in total. The summed E-state index contributed by atoms with van der Waals surface area (Å²) in [4.78, 5) is 0. The Morgan fingerprint density at radius 3 is 1.44 bits per heavy atom. The van der Waals surface area contributed by atoms with Crippen LogP contribution in [0, 0.1) is 41.4 Å². The van der Waals surface area contributed by atoms with Gasteiger partial charge in [-0.05, 0) is 59.1 Å². The average molecular weight is 919 g/mol. The Bertz CT molecular complexity index is 1840. The van der Waals surface area contributed by atoms with Crippen LogP contribution < -0.4 is 0 Å². The number of benzene rings is 3. The van der Waals surface area contributed by atoms with E-state index in [4.69, 9.17) is 47.4 Å². The van der Waals surface area contributed by atoms with Gasteiger partial charge in [0.1, 0.15) is 36.6 Å². The zero-order valence-corrected chi connectivity index (χ0v) is 40.6. The highest BCUT2D eigenvalue weighted by molar-refractivity contribution is 5.15. The quantitative estimate of drug-likeness (QED) is 0.119. The molecule has 0 saturated carbocycles. The Morgan fingerprint density at radius 2 is 0.864 bits per heavy atom. The SMILES string of the molecule is CCC1O[C@@H](OC2[C@H](OC3[C@H](O)C(CO)O[C@@H](O[C@@H]4C(COCc5ccccc5)O[C@@H](OCc5ccccc5)[C@@H](C)C4C)[C@@H]3OCc3ccccc3)OC(CC)[C@H](C)[C@H]2C)[C@@H](C)C(C)[C@@H]1C. The van der Waals surface area contributed by atoms with E-state index in [1.165, 1.54) is 0 Å². The molecule has 0 radical (unpaired) electrons. The molecular weight excluding hydrogens is 841 g/mol. The fraction of sp³-hybridized carbons (Fsp3) is 0.667. The molecular formula is C54H78O12. The molecule has 2 N–H and O–H groups in total. The minimum Gasteiger partial charge on any atom is -0.394 e. The predicted molar refractivity (Wildman–Crippen MR) is 249 cm³/mol. The molecule has 4 fully saturated rings. The van der Waals surface area contributed by atoms with Crippen LogP contribution in [0.1, 0.15) is 91.8 Å². The summed E-state index contributed by atoms with van der Waals surface area (Å²) in [6, 6.07) is 29.9. The summed E-state index contributed by atoms with van der Waals surface area (Å²) in [6.07, 6.45) is -7.63. The number of ether oxygens (including phenoxy) is 10. The molecule has 0 spiro atoms. The molecule has 4 aliphatic rings. The minimum absolute atomic E-state index is 0.0102. The second-order valence-electron chi connectivity index (χ2n) is 19.5. The van der Waals surface area contributed by atoms with Crippen molar-refractivity contribution >= 4 is 0 Å². The summed E-state index contributed by atoms with van der Waals surface area (Å²) < 4.78 is 67.8. The van der Waals surface area contributed by atoms with Crippen LogP contribution in [-0.4, -0.2) is 104 Å². The third-order valence-corrected chi connectivity index (χ3v) is 15.4. The smallest absolute Gasteiger partial charge is 0.187 e. The van der Waals surface area contributed by atoms with Crippen LogP contribution in [0.3, 0.4) is 0 Å². The zero-order chi connectivity index (χ0) is 46.9. The van der Waals surface area contributed by atoms with Crippen LogP contribution in [0.4, 0.5) is 0 Å². The third-order valence-electron chi connectivity index (χ3n) is 15.4. The van der Waals surface area contributed by atoms with Crippen molar-refractivity contribution in [2.24, 2.45) is 41.4 Å². The van der Waals surface area contributed by atoms with E-state index in [1.54, 1.807) is 0 Å². The highest BCUT2D eigenvalue weighted by Gasteiger charge is 2.54. The standard InChI is InChI=1S/C54H78O12/c1-10-42-33(4)32(3)37(8)52(60-42)65-48-35(6)34(5)43(11-2)61-53(48)66-49-46(56)44(27-55)62-54(50(49)58-29-40-23-17-13-18-24-40)64-47-36(7)38(9)51(59-30-41-25-19-14-20-26-41)63-45(47)31-57-28-39-21-15-12-16-22-39/h12-26,32-38,42-56H,10-11,27-31H2,1-9H3/t32?,33-,34+,35+,36?,37-,38-,42?,43?,44?,45?,46+,47-,48?,49?,50+,51+,52-,53-,54-/m0/s1. The molecule has 8 unspecified atom stereocenters. The predicted octanol–water partition coefficient (Wildman–Crippen LogP) is 8.69. The van der Waals surface area contributed by atoms with Gasteiger partial charge in [-0.3, -0.25) is 0 Å². The summed E-state index contributed by atoms with van der Waals surface area (Å²) in [5.74, 6) is 0.817. The Hall–Kier alpha value is -2.82. The Morgan fingerprint density at radius 1 is 0.424 bits per heavy atom. The van der Waals surface area contributed by atoms with E-state index in [0.29, 0.717) is 25.0 Å². The second-order valence-corrected chi connectivity index (χ2v) is 19.5. The van der Waals surface area contributed by atoms with Gasteiger partial charge in [-0.15, -0.1) is 0 Å². The summed E-state index contributed by atoms with van der Waals surface area (Å²) in [6.45, 7) is 20.3. The van der Waals surface area contributed by atoms with E-state index in [2.05, 4.69) is 62.3 Å². The van der Waals surface area contributed by atoms with Gasteiger partial charge in [-0.2, -0.15) is 0 Å². The summed E-state index contributed by atoms with van der Waals surface area (Å²) in [5, 5.41) is 23.0. The molecule has 0 aromatic heterocycles. The molecule has 4 aliphatic heterocycles. The van der Waals surface area contributed by atoms with Crippen LogP contribution in [0.15, 0.2) is 91.0 Å². The van der Waals surface area contributed by atoms with Gasteiger partial charge < -0.3 is 57.6 Å². The Kier molecular flexibility index (Phi) is 18.7. The highest BCUT2D eigenvalue weighted by atomic mass is 16.8. The molecule has 4 saturated heterocycles. The number of hydrogen-bond acceptors (Lipinski definition) is 12. The molecule has 12 heteroatoms. The first kappa shape index (κ1) is 51.0. The monoisotopic (exact) mass is 919 g/mol. The molecule has 7 rings (SSSR count). The maximum absolute atomic E-state index is 12.2. The highest BCUT2D eigenvalue weighted by Crippen LogP contribution is 2.43. The first-order valence-electron chi connectivity index (χ1n) is 24.7. The maximum atomic E-state index is 12.2. The molecule has 0 amide bonds. The van der Waals surface area contributed by atoms with E-state index in [1.807, 2.05) is 91.0 Å². The van der Waals surface area contributed by atoms with Crippen molar-refractivity contribution in [1.29, 1.82) is 0 Å². The lowest BCUT2D eigenvalue weighted by atomic mass is 9.78. The van der Waals surface area contributed by atoms with Crippen molar-refractivity contribution in [2.75, 3.05) is 13.2 Å². The lowest BCUT2D eigenvalue weighted by molar-refractivity contribution is -0.387. The molecule has 0 bridgehead atoms. The van der Waals surface area contributed by atoms with Crippen LogP contribution >= 0.6 is 0 Å². The summed E-state index contributed by atoms with van der Waals surface area (Å²) >= 11 is 0. The molecule has 4 heterocycles. The van der Waals surface area contributed by atoms with Crippen molar-refractivity contribution in [3.05, 3.63) is 108 Å². The molecule has 20 atom stereocenters. The van der Waals surface area contributed by atoms with Gasteiger partial charge >= 0.3 is 0 Å². The lowest BCUT2D eigenvalue weighted by Crippen LogP contribution is -2.65. The fourth-order valence-electron chi connectivity index (χ4n) is 10.3. The molecule has 366 valence electrons. The second kappa shape index (κ2) is 24.1. The van der Waals surface area contributed by atoms with Crippen LogP contribution in [0.5, 0.6) is 0 Å². The van der Waals surface area contributed by atoms with E-state index in [-0.39, 0.29) is 55.0 Å². The van der Waals surface area contributed by atoms with Gasteiger partial charge in [-0.1, -0.05) is 153 Å². The summed E-state index contributed by atoms with van der Waals surface area (Å²) in [7, 11) is 0. The van der Waals surface area contributed by atoms with Gasteiger partial charge in [-0.25, -0.2) is 0 Å². The van der Waals surface area contributed by atoms with Crippen molar-refractivity contribution in [1.82, 2.24) is 0 Å². The zero-order valence-electron chi connectivity index (χ0n) is 40.6. The maximum Gasteiger partial charge on any atom is 0.187 e. The number of aliphatic hydroxyl groups excluding tert-OH is 2. The number of aliphatic hydroxyl groups is 2. The molecule has 3 aromatic carbocycles. The third kappa shape index (κ3) is 12.1. The van der Waals surface area contributed by atoms with Gasteiger partial charge in [0.2, 0.25) is 0 Å². The lowest BCUT2D eigenvalue weighted by Gasteiger charge is -2.51. The number of hydrogen-bond donors (Lipinski definition) is 2. The average Bonchev–Trinajstić information content (AvgIpc) is 3.34. The van der Waals surface area contributed by atoms with Gasteiger partial charge in [0.05, 0.1) is 51.3 Å². The van der Waals surface area contributed by atoms with Crippen molar-refractivity contribution in [2.45, 2.75) is 175 Å². The Balaban J connectivity index is 1.18. The molecule has 66 heavy (non-hydrogen) atoms. The first-order valence-corrected chi connectivity index (χ1v) is 24.7. The van der Waals surface area contributed by atoms with Gasteiger partial charge in [0.15, 0.2) is 25.2 Å². The molecule has 3 aromatic rings. The van der Waals surface area contributed by atoms with E-state index in [0.717, 1.165) is 29.5 Å². The van der Waals surface area contributed by atoms with Gasteiger partial charge in [0.25, 0.3) is 0 Å². The van der Waals surface area contributed by atoms with Crippen LogP contribution in [-0.2, 0) is 67.2 Å². The minimum atomic E-state index is -1.32. The number of rotatable bonds is 19. The van der Waals surface area contributed by atoms with Gasteiger partial charge in [0, 0.05) is 11.8 Å². The largest absolute Gasteiger partial charge is 0.394 e.